The van der Waals surface area contributed by atoms with Gasteiger partial charge in [0.15, 0.2) is 0 Å². The number of nitrogens with one attached hydrogen (secondary N) is 1. The van der Waals surface area contributed by atoms with Crippen molar-refractivity contribution in [3.8, 4) is 5.75 Å². The number of aromatic hydroxyl groups is 1. The Morgan fingerprint density at radius 3 is 2.67 bits per heavy atom. The minimum atomic E-state index is -0.691. The van der Waals surface area contributed by atoms with Gasteiger partial charge in [0, 0.05) is 17.3 Å². The van der Waals surface area contributed by atoms with Gasteiger partial charge in [0.1, 0.15) is 5.75 Å². The lowest BCUT2D eigenvalue weighted by molar-refractivity contribution is -0.117. The first-order valence-corrected chi connectivity index (χ1v) is 5.35. The molecule has 0 aliphatic heterocycles. The lowest BCUT2D eigenvalue weighted by Crippen LogP contribution is -2.39. The van der Waals surface area contributed by atoms with E-state index < -0.39 is 11.9 Å². The van der Waals surface area contributed by atoms with Crippen molar-refractivity contribution in [2.75, 3.05) is 18.9 Å². The number of carbonyl (C=O) groups excluding carboxylic acids is 1. The van der Waals surface area contributed by atoms with E-state index in [0.717, 1.165) is 0 Å². The van der Waals surface area contributed by atoms with Crippen LogP contribution in [-0.2, 0) is 4.79 Å². The van der Waals surface area contributed by atoms with Gasteiger partial charge in [0.2, 0.25) is 5.91 Å². The summed E-state index contributed by atoms with van der Waals surface area (Å²) in [6.07, 6.45) is 2.65. The number of nitrogens with two attached hydrogens (primary N) is 1. The zero-order valence-electron chi connectivity index (χ0n) is 9.71. The molecule has 0 atom stereocenters. The standard InChI is InChI=1S/C12H16N2O4/c13-11-3-2-10(17)5-8(11)1-4-12(18)14-9(6-15)7-16/h1-5,9,15-17H,6-7,13H2,(H,14,18). The Morgan fingerprint density at radius 2 is 2.06 bits per heavy atom. The molecule has 1 aromatic rings. The maximum Gasteiger partial charge on any atom is 0.244 e. The number of aliphatic hydroxyl groups excluding tert-OH is 2. The molecule has 1 rings (SSSR count). The molecular formula is C12H16N2O4. The van der Waals surface area contributed by atoms with Gasteiger partial charge in [-0.3, -0.25) is 4.79 Å². The number of hydrogen-bond acceptors (Lipinski definition) is 5. The molecule has 0 unspecified atom stereocenters. The summed E-state index contributed by atoms with van der Waals surface area (Å²) in [7, 11) is 0. The van der Waals surface area contributed by atoms with Gasteiger partial charge in [-0.15, -0.1) is 0 Å². The SMILES string of the molecule is Nc1ccc(O)cc1C=CC(=O)NC(CO)CO. The third kappa shape index (κ3) is 4.08. The van der Waals surface area contributed by atoms with Crippen molar-refractivity contribution < 1.29 is 20.1 Å². The Kier molecular flexibility index (Phi) is 5.16. The molecule has 1 aromatic carbocycles. The second-order valence-corrected chi connectivity index (χ2v) is 3.72. The van der Waals surface area contributed by atoms with E-state index >= 15 is 0 Å². The largest absolute Gasteiger partial charge is 0.508 e. The molecule has 0 aromatic heterocycles. The molecular weight excluding hydrogens is 236 g/mol. The van der Waals surface area contributed by atoms with Gasteiger partial charge in [0.25, 0.3) is 0 Å². The quantitative estimate of drug-likeness (QED) is 0.274. The Balaban J connectivity index is 2.68. The van der Waals surface area contributed by atoms with Crippen LogP contribution in [0.2, 0.25) is 0 Å². The first kappa shape index (κ1) is 14.0. The maximum atomic E-state index is 11.4. The van der Waals surface area contributed by atoms with E-state index in [0.29, 0.717) is 11.3 Å². The average molecular weight is 252 g/mol. The number of amides is 1. The highest BCUT2D eigenvalue weighted by Gasteiger charge is 2.07. The van der Waals surface area contributed by atoms with Crippen LogP contribution in [0.4, 0.5) is 5.69 Å². The first-order valence-electron chi connectivity index (χ1n) is 5.35. The molecule has 0 bridgehead atoms. The molecule has 0 saturated heterocycles. The molecule has 0 fully saturated rings. The fourth-order valence-corrected chi connectivity index (χ4v) is 1.27. The van der Waals surface area contributed by atoms with E-state index in [2.05, 4.69) is 5.32 Å². The lowest BCUT2D eigenvalue weighted by atomic mass is 10.1. The van der Waals surface area contributed by atoms with Crippen molar-refractivity contribution >= 4 is 17.7 Å². The zero-order chi connectivity index (χ0) is 13.5. The van der Waals surface area contributed by atoms with Crippen LogP contribution in [0.25, 0.3) is 6.08 Å². The van der Waals surface area contributed by atoms with Crippen LogP contribution in [0.3, 0.4) is 0 Å². The van der Waals surface area contributed by atoms with Crippen LogP contribution in [-0.4, -0.2) is 40.5 Å². The third-order valence-corrected chi connectivity index (χ3v) is 2.27. The highest BCUT2D eigenvalue weighted by molar-refractivity contribution is 5.92. The Labute approximate surface area is 104 Å². The topological polar surface area (TPSA) is 116 Å². The molecule has 18 heavy (non-hydrogen) atoms. The number of carbonyl (C=O) groups is 1. The van der Waals surface area contributed by atoms with Crippen LogP contribution < -0.4 is 11.1 Å². The minimum Gasteiger partial charge on any atom is -0.508 e. The molecule has 0 aliphatic rings. The molecule has 0 heterocycles. The number of rotatable bonds is 5. The summed E-state index contributed by atoms with van der Waals surface area (Å²) in [6, 6.07) is 3.70. The fourth-order valence-electron chi connectivity index (χ4n) is 1.27. The molecule has 0 saturated carbocycles. The van der Waals surface area contributed by atoms with Crippen molar-refractivity contribution in [2.45, 2.75) is 6.04 Å². The predicted molar refractivity (Wildman–Crippen MR) is 67.7 cm³/mol. The summed E-state index contributed by atoms with van der Waals surface area (Å²) in [5, 5.41) is 29.2. The second kappa shape index (κ2) is 6.63. The number of benzene rings is 1. The summed E-state index contributed by atoms with van der Waals surface area (Å²) < 4.78 is 0. The number of phenolic OH excluding ortho intramolecular Hbond substituents is 1. The van der Waals surface area contributed by atoms with E-state index in [9.17, 15) is 9.90 Å². The van der Waals surface area contributed by atoms with Crippen LogP contribution >= 0.6 is 0 Å². The van der Waals surface area contributed by atoms with E-state index in [-0.39, 0.29) is 19.0 Å². The summed E-state index contributed by atoms with van der Waals surface area (Å²) in [6.45, 7) is -0.686. The molecule has 6 nitrogen and oxygen atoms in total. The lowest BCUT2D eigenvalue weighted by Gasteiger charge is -2.11. The number of nitrogen functional groups attached to an aromatic ring is 1. The second-order valence-electron chi connectivity index (χ2n) is 3.72. The van der Waals surface area contributed by atoms with Crippen molar-refractivity contribution in [3.63, 3.8) is 0 Å². The molecule has 98 valence electrons. The predicted octanol–water partition coefficient (Wildman–Crippen LogP) is -0.543. The summed E-state index contributed by atoms with van der Waals surface area (Å²) in [5.74, 6) is -0.418. The molecule has 0 radical (unpaired) electrons. The molecule has 6 N–H and O–H groups in total. The Morgan fingerprint density at radius 1 is 1.39 bits per heavy atom. The van der Waals surface area contributed by atoms with E-state index in [4.69, 9.17) is 15.9 Å². The molecule has 1 amide bonds. The zero-order valence-corrected chi connectivity index (χ0v) is 9.71. The highest BCUT2D eigenvalue weighted by Crippen LogP contribution is 2.19. The molecule has 6 heteroatoms. The number of anilines is 1. The number of hydrogen-bond donors (Lipinski definition) is 5. The Bertz CT molecular complexity index is 442. The summed E-state index contributed by atoms with van der Waals surface area (Å²) in [4.78, 5) is 11.4. The summed E-state index contributed by atoms with van der Waals surface area (Å²) >= 11 is 0. The maximum absolute atomic E-state index is 11.4. The van der Waals surface area contributed by atoms with Gasteiger partial charge in [-0.2, -0.15) is 0 Å². The number of aliphatic hydroxyl groups is 2. The fraction of sp³-hybridized carbons (Fsp3) is 0.250. The van der Waals surface area contributed by atoms with Crippen molar-refractivity contribution in [1.29, 1.82) is 0 Å². The van der Waals surface area contributed by atoms with Crippen LogP contribution in [0.15, 0.2) is 24.3 Å². The van der Waals surface area contributed by atoms with Crippen LogP contribution in [0.5, 0.6) is 5.75 Å². The van der Waals surface area contributed by atoms with E-state index in [1.54, 1.807) is 0 Å². The highest BCUT2D eigenvalue weighted by atomic mass is 16.3. The first-order chi connectivity index (χ1) is 8.56. The Hall–Kier alpha value is -2.05. The van der Waals surface area contributed by atoms with Crippen molar-refractivity contribution in [1.82, 2.24) is 5.32 Å². The van der Waals surface area contributed by atoms with Gasteiger partial charge >= 0.3 is 0 Å². The summed E-state index contributed by atoms with van der Waals surface area (Å²) in [5.41, 5.74) is 6.59. The van der Waals surface area contributed by atoms with Crippen molar-refractivity contribution in [3.05, 3.63) is 29.8 Å². The van der Waals surface area contributed by atoms with Crippen LogP contribution in [0.1, 0.15) is 5.56 Å². The molecule has 0 aliphatic carbocycles. The minimum absolute atomic E-state index is 0.0489. The third-order valence-electron chi connectivity index (χ3n) is 2.27. The van der Waals surface area contributed by atoms with Gasteiger partial charge in [-0.1, -0.05) is 0 Å². The van der Waals surface area contributed by atoms with Crippen LogP contribution in [0, 0.1) is 0 Å². The van der Waals surface area contributed by atoms with Gasteiger partial charge in [-0.25, -0.2) is 0 Å². The van der Waals surface area contributed by atoms with Gasteiger partial charge in [0.05, 0.1) is 19.3 Å². The van der Waals surface area contributed by atoms with Crippen molar-refractivity contribution in [2.24, 2.45) is 0 Å². The van der Waals surface area contributed by atoms with Gasteiger partial charge < -0.3 is 26.4 Å². The monoisotopic (exact) mass is 252 g/mol. The molecule has 0 spiro atoms. The van der Waals surface area contributed by atoms with E-state index in [1.807, 2.05) is 0 Å². The van der Waals surface area contributed by atoms with Gasteiger partial charge in [-0.05, 0) is 24.3 Å². The number of phenols is 1. The van der Waals surface area contributed by atoms with E-state index in [1.165, 1.54) is 30.4 Å². The smallest absolute Gasteiger partial charge is 0.244 e. The normalized spacial score (nSPS) is 11.1. The average Bonchev–Trinajstić information content (AvgIpc) is 2.37.